The van der Waals surface area contributed by atoms with E-state index < -0.39 is 21.6 Å². The first-order chi connectivity index (χ1) is 13.1. The molecular formula is C23H27BrO2S2. The highest BCUT2D eigenvalue weighted by Gasteiger charge is 2.22. The topological polar surface area (TPSA) is 34.1 Å². The van der Waals surface area contributed by atoms with Gasteiger partial charge in [0.2, 0.25) is 0 Å². The largest absolute Gasteiger partial charge is 0.248 e. The maximum absolute atomic E-state index is 13.3. The molecule has 0 radical (unpaired) electrons. The fourth-order valence-corrected chi connectivity index (χ4v) is 6.31. The Bertz CT molecular complexity index is 851. The number of halogens is 1. The molecule has 0 amide bonds. The first kappa shape index (κ1) is 23.0. The second-order valence-electron chi connectivity index (χ2n) is 7.75. The quantitative estimate of drug-likeness (QED) is 0.419. The fraction of sp³-hybridized carbons (Fsp3) is 0.304. The van der Waals surface area contributed by atoms with Crippen LogP contribution in [0, 0.1) is 19.3 Å². The molecule has 0 aromatic heterocycles. The minimum Gasteiger partial charge on any atom is -0.248 e. The molecule has 0 heterocycles. The lowest BCUT2D eigenvalue weighted by atomic mass is 9.86. The second kappa shape index (κ2) is 9.95. The zero-order valence-corrected chi connectivity index (χ0v) is 20.0. The Morgan fingerprint density at radius 3 is 1.68 bits per heavy atom. The van der Waals surface area contributed by atoms with E-state index in [0.717, 1.165) is 22.0 Å². The van der Waals surface area contributed by atoms with Crippen molar-refractivity contribution in [3.63, 3.8) is 0 Å². The van der Waals surface area contributed by atoms with Gasteiger partial charge in [-0.25, -0.2) is 8.42 Å². The van der Waals surface area contributed by atoms with E-state index in [-0.39, 0.29) is 5.41 Å². The predicted molar refractivity (Wildman–Crippen MR) is 124 cm³/mol. The zero-order chi connectivity index (χ0) is 20.9. The minimum atomic E-state index is -1.49. The number of hydrogen-bond donors (Lipinski definition) is 0. The highest BCUT2D eigenvalue weighted by molar-refractivity contribution is 9.11. The fourth-order valence-electron chi connectivity index (χ4n) is 2.73. The molecule has 0 saturated heterocycles. The highest BCUT2D eigenvalue weighted by Crippen LogP contribution is 2.33. The smallest absolute Gasteiger partial charge is 0.109 e. The zero-order valence-electron chi connectivity index (χ0n) is 16.8. The van der Waals surface area contributed by atoms with Crippen molar-refractivity contribution in [3.8, 4) is 0 Å². The van der Waals surface area contributed by atoms with Crippen LogP contribution in [0.2, 0.25) is 0 Å². The summed E-state index contributed by atoms with van der Waals surface area (Å²) < 4.78 is 28.0. The molecule has 2 aromatic carbocycles. The molecule has 0 spiro atoms. The van der Waals surface area contributed by atoms with Crippen molar-refractivity contribution in [2.45, 2.75) is 50.3 Å². The third kappa shape index (κ3) is 6.64. The summed E-state index contributed by atoms with van der Waals surface area (Å²) in [5.74, 6) is 0. The Kier molecular flexibility index (Phi) is 8.17. The van der Waals surface area contributed by atoms with E-state index in [9.17, 15) is 8.42 Å². The van der Waals surface area contributed by atoms with Gasteiger partial charge in [0.1, 0.15) is 4.24 Å². The van der Waals surface area contributed by atoms with Crippen LogP contribution in [0.4, 0.5) is 0 Å². The molecule has 2 aromatic rings. The van der Waals surface area contributed by atoms with Gasteiger partial charge in [0.25, 0.3) is 0 Å². The Hall–Kier alpha value is -1.30. The summed E-state index contributed by atoms with van der Waals surface area (Å²) >= 11 is 3.43. The molecule has 2 atom stereocenters. The second-order valence-corrected chi connectivity index (χ2v) is 12.0. The van der Waals surface area contributed by atoms with E-state index in [0.29, 0.717) is 20.4 Å². The Balaban J connectivity index is 2.42. The average molecular weight is 480 g/mol. The van der Waals surface area contributed by atoms with Crippen molar-refractivity contribution in [2.75, 3.05) is 0 Å². The third-order valence-electron chi connectivity index (χ3n) is 4.33. The molecule has 2 nitrogen and oxygen atoms in total. The summed E-state index contributed by atoms with van der Waals surface area (Å²) in [4.78, 5) is 1.33. The summed E-state index contributed by atoms with van der Waals surface area (Å²) in [7, 11) is -2.97. The van der Waals surface area contributed by atoms with Gasteiger partial charge in [0, 0.05) is 9.79 Å². The van der Waals surface area contributed by atoms with Gasteiger partial charge in [-0.3, -0.25) is 0 Å². The Morgan fingerprint density at radius 2 is 1.32 bits per heavy atom. The van der Waals surface area contributed by atoms with Crippen molar-refractivity contribution in [1.82, 2.24) is 0 Å². The monoisotopic (exact) mass is 478 g/mol. The van der Waals surface area contributed by atoms with E-state index in [4.69, 9.17) is 0 Å². The van der Waals surface area contributed by atoms with Crippen LogP contribution >= 0.6 is 15.9 Å². The van der Waals surface area contributed by atoms with Crippen molar-refractivity contribution >= 4 is 37.5 Å². The van der Waals surface area contributed by atoms with Gasteiger partial charge < -0.3 is 0 Å². The number of rotatable bonds is 8. The molecule has 0 saturated carbocycles. The van der Waals surface area contributed by atoms with E-state index in [2.05, 4.69) is 36.4 Å². The lowest BCUT2D eigenvalue weighted by molar-refractivity contribution is 0.375. The highest BCUT2D eigenvalue weighted by atomic mass is 79.9. The molecule has 2 rings (SSSR count). The molecule has 0 aliphatic heterocycles. The number of hydrogen-bond acceptors (Lipinski definition) is 2. The molecule has 0 fully saturated rings. The summed E-state index contributed by atoms with van der Waals surface area (Å²) in [6.45, 7) is 12.1. The maximum Gasteiger partial charge on any atom is 0.109 e. The lowest BCUT2D eigenvalue weighted by Gasteiger charge is -2.23. The van der Waals surface area contributed by atoms with E-state index in [1.807, 2.05) is 68.5 Å². The molecule has 5 heteroatoms. The van der Waals surface area contributed by atoms with Crippen LogP contribution in [-0.2, 0) is 21.6 Å². The summed E-state index contributed by atoms with van der Waals surface area (Å²) in [5, 5.41) is 0. The summed E-state index contributed by atoms with van der Waals surface area (Å²) in [6, 6.07) is 15.1. The molecular weight excluding hydrogens is 452 g/mol. The Morgan fingerprint density at radius 1 is 0.929 bits per heavy atom. The summed E-state index contributed by atoms with van der Waals surface area (Å²) in [5.41, 5.74) is 2.12. The first-order valence-corrected chi connectivity index (χ1v) is 12.2. The van der Waals surface area contributed by atoms with Gasteiger partial charge in [0.15, 0.2) is 0 Å². The van der Waals surface area contributed by atoms with Crippen LogP contribution in [0.3, 0.4) is 0 Å². The molecule has 0 bridgehead atoms. The molecule has 28 heavy (non-hydrogen) atoms. The normalized spacial score (nSPS) is 13.6. The van der Waals surface area contributed by atoms with Crippen molar-refractivity contribution in [3.05, 3.63) is 81.0 Å². The minimum absolute atomic E-state index is 0.0826. The molecule has 0 N–H and O–H groups in total. The van der Waals surface area contributed by atoms with Crippen molar-refractivity contribution in [1.29, 1.82) is 0 Å². The van der Waals surface area contributed by atoms with Gasteiger partial charge in [-0.15, -0.1) is 0 Å². The third-order valence-corrected chi connectivity index (χ3v) is 7.98. The SMILES string of the molecule is C=C(Br)CC(C)(C)CC=C([S@@](=O)c1ccc(C)cc1)[S@@](=O)c1ccc(C)cc1. The van der Waals surface area contributed by atoms with Crippen molar-refractivity contribution in [2.24, 2.45) is 5.41 Å². The van der Waals surface area contributed by atoms with Crippen LogP contribution in [0.25, 0.3) is 0 Å². The van der Waals surface area contributed by atoms with Gasteiger partial charge >= 0.3 is 0 Å². The maximum atomic E-state index is 13.3. The van der Waals surface area contributed by atoms with Gasteiger partial charge in [-0.05, 0) is 60.9 Å². The first-order valence-electron chi connectivity index (χ1n) is 9.09. The van der Waals surface area contributed by atoms with Gasteiger partial charge in [0.05, 0.1) is 21.6 Å². The van der Waals surface area contributed by atoms with E-state index in [1.54, 1.807) is 0 Å². The van der Waals surface area contributed by atoms with E-state index >= 15 is 0 Å². The predicted octanol–water partition coefficient (Wildman–Crippen LogP) is 6.78. The Labute approximate surface area is 182 Å². The van der Waals surface area contributed by atoms with Crippen LogP contribution in [-0.4, -0.2) is 8.42 Å². The molecule has 0 aliphatic rings. The standard InChI is InChI=1S/C23H27BrO2S2/c1-17-6-10-20(11-7-17)27(25)22(14-15-23(4,5)16-19(3)24)28(26)21-12-8-18(2)9-13-21/h6-14H,3,15-16H2,1-2,4-5H3/t27-,28-/m0/s1. The number of benzene rings is 2. The average Bonchev–Trinajstić information content (AvgIpc) is 2.61. The number of aryl methyl sites for hydroxylation is 2. The van der Waals surface area contributed by atoms with Crippen molar-refractivity contribution < 1.29 is 8.42 Å². The molecule has 0 aliphatic carbocycles. The van der Waals surface area contributed by atoms with E-state index in [1.165, 1.54) is 0 Å². The van der Waals surface area contributed by atoms with Crippen LogP contribution < -0.4 is 0 Å². The van der Waals surface area contributed by atoms with Gasteiger partial charge in [-0.1, -0.05) is 77.8 Å². The number of allylic oxidation sites excluding steroid dienone is 2. The molecule has 150 valence electrons. The summed E-state index contributed by atoms with van der Waals surface area (Å²) in [6.07, 6.45) is 3.33. The van der Waals surface area contributed by atoms with Crippen LogP contribution in [0.15, 0.2) is 79.7 Å². The van der Waals surface area contributed by atoms with Crippen LogP contribution in [0.5, 0.6) is 0 Å². The lowest BCUT2D eigenvalue weighted by Crippen LogP contribution is -2.12. The van der Waals surface area contributed by atoms with Crippen LogP contribution in [0.1, 0.15) is 37.8 Å². The van der Waals surface area contributed by atoms with Gasteiger partial charge in [-0.2, -0.15) is 0 Å². The molecule has 0 unspecified atom stereocenters.